The molecule has 1 aromatic heterocycles. The third kappa shape index (κ3) is 4.90. The fourth-order valence-corrected chi connectivity index (χ4v) is 4.48. The van der Waals surface area contributed by atoms with Crippen LogP contribution < -0.4 is 5.32 Å². The molecule has 2 rings (SSSR count). The van der Waals surface area contributed by atoms with E-state index in [-0.39, 0.29) is 24.9 Å². The van der Waals surface area contributed by atoms with E-state index in [9.17, 15) is 18.0 Å². The fourth-order valence-electron chi connectivity index (χ4n) is 3.31. The fraction of sp³-hybridized carbons (Fsp3) is 0.778. The van der Waals surface area contributed by atoms with E-state index < -0.39 is 18.1 Å². The van der Waals surface area contributed by atoms with E-state index >= 15 is 0 Å². The number of carbonyl (C=O) groups is 1. The van der Waals surface area contributed by atoms with Crippen molar-refractivity contribution in [3.8, 4) is 0 Å². The summed E-state index contributed by atoms with van der Waals surface area (Å²) in [6.07, 6.45) is -2.98. The van der Waals surface area contributed by atoms with Gasteiger partial charge in [-0.3, -0.25) is 0 Å². The van der Waals surface area contributed by atoms with Gasteiger partial charge in [0.2, 0.25) is 0 Å². The average molecular weight is 392 g/mol. The van der Waals surface area contributed by atoms with E-state index in [2.05, 4.69) is 24.1 Å². The molecule has 0 saturated heterocycles. The molecule has 1 saturated carbocycles. The maximum atomic E-state index is 12.9. The van der Waals surface area contributed by atoms with Gasteiger partial charge in [-0.1, -0.05) is 20.3 Å². The molecule has 0 spiro atoms. The first kappa shape index (κ1) is 21.0. The van der Waals surface area contributed by atoms with Crippen LogP contribution in [-0.4, -0.2) is 35.2 Å². The van der Waals surface area contributed by atoms with Crippen LogP contribution in [0.5, 0.6) is 0 Å². The lowest BCUT2D eigenvalue weighted by atomic mass is 9.85. The summed E-state index contributed by atoms with van der Waals surface area (Å²) in [5, 5.41) is 3.82. The number of aromatic nitrogens is 1. The van der Waals surface area contributed by atoms with E-state index in [0.717, 1.165) is 15.6 Å². The van der Waals surface area contributed by atoms with Crippen molar-refractivity contribution in [3.63, 3.8) is 0 Å². The van der Waals surface area contributed by atoms with Crippen molar-refractivity contribution in [1.82, 2.24) is 15.2 Å². The van der Waals surface area contributed by atoms with Gasteiger partial charge in [0.05, 0.1) is 22.7 Å². The first-order valence-electron chi connectivity index (χ1n) is 9.08. The molecule has 1 aliphatic carbocycles. The van der Waals surface area contributed by atoms with Gasteiger partial charge in [-0.15, -0.1) is 11.3 Å². The Morgan fingerprint density at radius 1 is 1.31 bits per heavy atom. The Balaban J connectivity index is 2.00. The highest BCUT2D eigenvalue weighted by Gasteiger charge is 2.42. The predicted octanol–water partition coefficient (Wildman–Crippen LogP) is 5.40. The van der Waals surface area contributed by atoms with Crippen LogP contribution in [0.1, 0.15) is 74.0 Å². The third-order valence-corrected chi connectivity index (χ3v) is 6.72. The van der Waals surface area contributed by atoms with Gasteiger partial charge in [-0.25, -0.2) is 9.78 Å². The first-order chi connectivity index (χ1) is 12.0. The highest BCUT2D eigenvalue weighted by atomic mass is 32.1. The highest BCUT2D eigenvalue weighted by Crippen LogP contribution is 2.38. The minimum absolute atomic E-state index is 0.0332. The summed E-state index contributed by atoms with van der Waals surface area (Å²) < 4.78 is 38.8. The molecule has 0 radical (unpaired) electrons. The Morgan fingerprint density at radius 3 is 2.50 bits per heavy atom. The molecule has 2 amide bonds. The molecule has 0 bridgehead atoms. The van der Waals surface area contributed by atoms with Crippen molar-refractivity contribution in [2.24, 2.45) is 5.92 Å². The SMILES string of the molecule is Cc1nc(C(C)C)sc1[C@H](C)N(C)C(=O)N[C@@H]1CCC[C@H](C(F)(F)F)C1. The number of alkyl halides is 3. The highest BCUT2D eigenvalue weighted by molar-refractivity contribution is 7.11. The zero-order chi connectivity index (χ0) is 19.6. The largest absolute Gasteiger partial charge is 0.391 e. The summed E-state index contributed by atoms with van der Waals surface area (Å²) in [7, 11) is 1.68. The van der Waals surface area contributed by atoms with Gasteiger partial charge in [-0.2, -0.15) is 13.2 Å². The van der Waals surface area contributed by atoms with Crippen LogP contribution in [0.25, 0.3) is 0 Å². The van der Waals surface area contributed by atoms with Crippen LogP contribution in [0, 0.1) is 12.8 Å². The van der Waals surface area contributed by atoms with E-state index in [4.69, 9.17) is 0 Å². The molecule has 0 aliphatic heterocycles. The van der Waals surface area contributed by atoms with E-state index in [0.29, 0.717) is 18.8 Å². The van der Waals surface area contributed by atoms with Crippen molar-refractivity contribution < 1.29 is 18.0 Å². The maximum absolute atomic E-state index is 12.9. The Kier molecular flexibility index (Phi) is 6.58. The number of hydrogen-bond acceptors (Lipinski definition) is 3. The lowest BCUT2D eigenvalue weighted by Gasteiger charge is -2.33. The number of nitrogens with one attached hydrogen (secondary N) is 1. The molecule has 0 unspecified atom stereocenters. The number of carbonyl (C=O) groups excluding carboxylic acids is 1. The number of aryl methyl sites for hydroxylation is 1. The molecule has 0 aromatic carbocycles. The van der Waals surface area contributed by atoms with Crippen molar-refractivity contribution in [2.45, 2.75) is 77.6 Å². The summed E-state index contributed by atoms with van der Waals surface area (Å²) >= 11 is 1.59. The maximum Gasteiger partial charge on any atom is 0.391 e. The van der Waals surface area contributed by atoms with Crippen LogP contribution in [0.4, 0.5) is 18.0 Å². The molecule has 4 nitrogen and oxygen atoms in total. The number of halogens is 3. The number of urea groups is 1. The summed E-state index contributed by atoms with van der Waals surface area (Å²) in [4.78, 5) is 19.7. The number of nitrogens with zero attached hydrogens (tertiary/aromatic N) is 2. The topological polar surface area (TPSA) is 45.2 Å². The molecule has 1 heterocycles. The van der Waals surface area contributed by atoms with Crippen LogP contribution >= 0.6 is 11.3 Å². The van der Waals surface area contributed by atoms with E-state index in [1.54, 1.807) is 23.3 Å². The summed E-state index contributed by atoms with van der Waals surface area (Å²) in [6.45, 7) is 7.99. The zero-order valence-electron chi connectivity index (χ0n) is 16.0. The van der Waals surface area contributed by atoms with Gasteiger partial charge in [0.1, 0.15) is 0 Å². The van der Waals surface area contributed by atoms with Crippen molar-refractivity contribution in [1.29, 1.82) is 0 Å². The second kappa shape index (κ2) is 8.15. The second-order valence-corrected chi connectivity index (χ2v) is 8.56. The van der Waals surface area contributed by atoms with Gasteiger partial charge in [0.15, 0.2) is 0 Å². The number of amides is 2. The van der Waals surface area contributed by atoms with Crippen molar-refractivity contribution in [2.75, 3.05) is 7.05 Å². The minimum atomic E-state index is -4.18. The molecular formula is C18H28F3N3OS. The van der Waals surface area contributed by atoms with Crippen LogP contribution in [0.3, 0.4) is 0 Å². The lowest BCUT2D eigenvalue weighted by molar-refractivity contribution is -0.183. The number of thiazole rings is 1. The van der Waals surface area contributed by atoms with E-state index in [1.165, 1.54) is 0 Å². The molecule has 8 heteroatoms. The van der Waals surface area contributed by atoms with Crippen LogP contribution in [0.15, 0.2) is 0 Å². The zero-order valence-corrected chi connectivity index (χ0v) is 16.8. The summed E-state index contributed by atoms with van der Waals surface area (Å²) in [5.74, 6) is -0.998. The molecule has 1 N–H and O–H groups in total. The normalized spacial score (nSPS) is 22.3. The first-order valence-corrected chi connectivity index (χ1v) is 9.89. The standard InChI is InChI=1S/C18H28F3N3OS/c1-10(2)16-22-11(3)15(26-16)12(4)24(5)17(25)23-14-8-6-7-13(9-14)18(19,20)21/h10,12-14H,6-9H2,1-5H3,(H,23,25)/t12-,13-,14+/m0/s1. The second-order valence-electron chi connectivity index (χ2n) is 7.49. The smallest absolute Gasteiger partial charge is 0.335 e. The molecule has 26 heavy (non-hydrogen) atoms. The molecule has 1 aliphatic rings. The van der Waals surface area contributed by atoms with Crippen LogP contribution in [0.2, 0.25) is 0 Å². The summed E-state index contributed by atoms with van der Waals surface area (Å²) in [6, 6.07) is -0.933. The lowest BCUT2D eigenvalue weighted by Crippen LogP contribution is -2.47. The Bertz CT molecular complexity index is 630. The van der Waals surface area contributed by atoms with Gasteiger partial charge in [-0.05, 0) is 33.1 Å². The number of hydrogen-bond donors (Lipinski definition) is 1. The Labute approximate surface area is 157 Å². The Hall–Kier alpha value is -1.31. The predicted molar refractivity (Wildman–Crippen MR) is 97.5 cm³/mol. The quantitative estimate of drug-likeness (QED) is 0.747. The summed E-state index contributed by atoms with van der Waals surface area (Å²) in [5.41, 5.74) is 0.903. The van der Waals surface area contributed by atoms with Crippen molar-refractivity contribution >= 4 is 17.4 Å². The average Bonchev–Trinajstić information content (AvgIpc) is 2.95. The van der Waals surface area contributed by atoms with Gasteiger partial charge < -0.3 is 10.2 Å². The monoisotopic (exact) mass is 391 g/mol. The molecule has 1 fully saturated rings. The third-order valence-electron chi connectivity index (χ3n) is 5.09. The molecular weight excluding hydrogens is 363 g/mol. The molecule has 3 atom stereocenters. The van der Waals surface area contributed by atoms with Crippen LogP contribution in [-0.2, 0) is 0 Å². The molecule has 1 aromatic rings. The Morgan fingerprint density at radius 2 is 1.96 bits per heavy atom. The number of rotatable bonds is 4. The minimum Gasteiger partial charge on any atom is -0.335 e. The van der Waals surface area contributed by atoms with Gasteiger partial charge in [0.25, 0.3) is 0 Å². The molecule has 148 valence electrons. The van der Waals surface area contributed by atoms with Crippen molar-refractivity contribution in [3.05, 3.63) is 15.6 Å². The van der Waals surface area contributed by atoms with Gasteiger partial charge in [0, 0.05) is 23.9 Å². The van der Waals surface area contributed by atoms with E-state index in [1.807, 2.05) is 13.8 Å². The van der Waals surface area contributed by atoms with Gasteiger partial charge >= 0.3 is 12.2 Å².